The molecule has 2 nitrogen and oxygen atoms in total. The molecule has 0 amide bonds. The summed E-state index contributed by atoms with van der Waals surface area (Å²) in [6.45, 7) is 4.57. The molecule has 3 atom stereocenters. The first-order valence-electron chi connectivity index (χ1n) is 6.76. The van der Waals surface area contributed by atoms with E-state index in [9.17, 15) is 0 Å². The summed E-state index contributed by atoms with van der Waals surface area (Å²) in [7, 11) is 0. The van der Waals surface area contributed by atoms with Crippen molar-refractivity contribution in [3.8, 4) is 0 Å². The van der Waals surface area contributed by atoms with Gasteiger partial charge in [-0.1, -0.05) is 37.9 Å². The zero-order valence-electron chi connectivity index (χ0n) is 10.5. The van der Waals surface area contributed by atoms with E-state index in [1.807, 2.05) is 11.8 Å². The minimum Gasteiger partial charge on any atom is -0.362 e. The molecule has 0 aromatic carbocycles. The Labute approximate surface area is 104 Å². The van der Waals surface area contributed by atoms with Crippen LogP contribution in [0.5, 0.6) is 0 Å². The van der Waals surface area contributed by atoms with Gasteiger partial charge in [-0.05, 0) is 32.1 Å². The zero-order chi connectivity index (χ0) is 11.4. The highest BCUT2D eigenvalue weighted by Gasteiger charge is 2.24. The lowest BCUT2D eigenvalue weighted by Gasteiger charge is -2.30. The molecule has 1 saturated carbocycles. The molecule has 0 aromatic rings. The fourth-order valence-corrected chi connectivity index (χ4v) is 3.88. The van der Waals surface area contributed by atoms with Gasteiger partial charge in [0.15, 0.2) is 5.17 Å². The number of nitrogens with zero attached hydrogens (tertiary/aromatic N) is 1. The molecule has 16 heavy (non-hydrogen) atoms. The molecule has 1 aliphatic heterocycles. The monoisotopic (exact) mass is 240 g/mol. The van der Waals surface area contributed by atoms with E-state index in [4.69, 9.17) is 4.99 Å². The number of amidine groups is 1. The van der Waals surface area contributed by atoms with Gasteiger partial charge in [0.05, 0.1) is 6.04 Å². The van der Waals surface area contributed by atoms with Crippen molar-refractivity contribution in [1.29, 1.82) is 0 Å². The van der Waals surface area contributed by atoms with E-state index in [1.165, 1.54) is 49.4 Å². The van der Waals surface area contributed by atoms with Gasteiger partial charge in [-0.15, -0.1) is 0 Å². The first-order valence-corrected chi connectivity index (χ1v) is 7.75. The molecular formula is C13H24N2S. The Morgan fingerprint density at radius 3 is 2.88 bits per heavy atom. The summed E-state index contributed by atoms with van der Waals surface area (Å²) in [5.41, 5.74) is 0. The molecule has 1 saturated heterocycles. The number of aliphatic imine (C=N–C) groups is 1. The molecule has 0 radical (unpaired) electrons. The Morgan fingerprint density at radius 2 is 2.12 bits per heavy atom. The topological polar surface area (TPSA) is 24.4 Å². The average molecular weight is 240 g/mol. The molecule has 3 unspecified atom stereocenters. The molecule has 92 valence electrons. The highest BCUT2D eigenvalue weighted by Crippen LogP contribution is 2.30. The molecular weight excluding hydrogens is 216 g/mol. The number of nitrogens with one attached hydrogen (secondary N) is 1. The van der Waals surface area contributed by atoms with Crippen LogP contribution in [0.25, 0.3) is 0 Å². The van der Waals surface area contributed by atoms with Crippen molar-refractivity contribution in [3.63, 3.8) is 0 Å². The Hall–Kier alpha value is -0.180. The largest absolute Gasteiger partial charge is 0.362 e. The van der Waals surface area contributed by atoms with Gasteiger partial charge in [-0.2, -0.15) is 0 Å². The number of thioether (sulfide) groups is 1. The third-order valence-electron chi connectivity index (χ3n) is 3.84. The highest BCUT2D eigenvalue weighted by atomic mass is 32.2. The Balaban J connectivity index is 1.97. The molecule has 1 N–H and O–H groups in total. The van der Waals surface area contributed by atoms with Gasteiger partial charge in [0.2, 0.25) is 0 Å². The maximum absolute atomic E-state index is 4.97. The first kappa shape index (κ1) is 12.3. The molecule has 1 aliphatic carbocycles. The van der Waals surface area contributed by atoms with Crippen LogP contribution in [0.15, 0.2) is 4.99 Å². The molecule has 2 aliphatic rings. The predicted molar refractivity (Wildman–Crippen MR) is 73.1 cm³/mol. The minimum atomic E-state index is 0.596. The second-order valence-electron chi connectivity index (χ2n) is 5.14. The number of hydrogen-bond acceptors (Lipinski definition) is 2. The van der Waals surface area contributed by atoms with Crippen molar-refractivity contribution >= 4 is 16.9 Å². The fraction of sp³-hybridized carbons (Fsp3) is 0.923. The third kappa shape index (κ3) is 3.16. The molecule has 3 heteroatoms. The van der Waals surface area contributed by atoms with Gasteiger partial charge >= 0.3 is 0 Å². The SMILES string of the molecule is CCC1CCCCC1N=C1NC(C)CCS1. The van der Waals surface area contributed by atoms with Crippen LogP contribution in [0.4, 0.5) is 0 Å². The summed E-state index contributed by atoms with van der Waals surface area (Å²) >= 11 is 1.91. The molecule has 2 rings (SSSR count). The van der Waals surface area contributed by atoms with Crippen LogP contribution in [0.3, 0.4) is 0 Å². The number of hydrogen-bond donors (Lipinski definition) is 1. The van der Waals surface area contributed by atoms with E-state index in [0.29, 0.717) is 12.1 Å². The van der Waals surface area contributed by atoms with E-state index in [1.54, 1.807) is 0 Å². The Morgan fingerprint density at radius 1 is 1.31 bits per heavy atom. The normalized spacial score (nSPS) is 38.4. The van der Waals surface area contributed by atoms with Crippen molar-refractivity contribution < 1.29 is 0 Å². The fourth-order valence-electron chi connectivity index (χ4n) is 2.72. The van der Waals surface area contributed by atoms with Crippen molar-refractivity contribution in [2.75, 3.05) is 5.75 Å². The second kappa shape index (κ2) is 5.95. The smallest absolute Gasteiger partial charge is 0.157 e. The van der Waals surface area contributed by atoms with E-state index < -0.39 is 0 Å². The molecule has 0 aromatic heterocycles. The van der Waals surface area contributed by atoms with Crippen LogP contribution in [0.2, 0.25) is 0 Å². The summed E-state index contributed by atoms with van der Waals surface area (Å²) in [4.78, 5) is 4.97. The van der Waals surface area contributed by atoms with Crippen molar-refractivity contribution in [1.82, 2.24) is 5.32 Å². The highest BCUT2D eigenvalue weighted by molar-refractivity contribution is 8.13. The van der Waals surface area contributed by atoms with Crippen LogP contribution in [0, 0.1) is 5.92 Å². The van der Waals surface area contributed by atoms with Gasteiger partial charge in [-0.25, -0.2) is 0 Å². The lowest BCUT2D eigenvalue weighted by atomic mass is 9.83. The molecule has 0 bridgehead atoms. The van der Waals surface area contributed by atoms with Crippen LogP contribution in [-0.4, -0.2) is 23.0 Å². The lowest BCUT2D eigenvalue weighted by Crippen LogP contribution is -2.37. The summed E-state index contributed by atoms with van der Waals surface area (Å²) < 4.78 is 0. The standard InChI is InChI=1S/C13H24N2S/c1-3-11-6-4-5-7-12(11)15-13-14-10(2)8-9-16-13/h10-12H,3-9H2,1-2H3,(H,14,15). The zero-order valence-corrected chi connectivity index (χ0v) is 11.4. The summed E-state index contributed by atoms with van der Waals surface area (Å²) in [5, 5.41) is 4.73. The van der Waals surface area contributed by atoms with E-state index >= 15 is 0 Å². The minimum absolute atomic E-state index is 0.596. The van der Waals surface area contributed by atoms with Gasteiger partial charge in [0, 0.05) is 11.8 Å². The Bertz CT molecular complexity index is 252. The molecule has 1 heterocycles. The van der Waals surface area contributed by atoms with E-state index in [-0.39, 0.29) is 0 Å². The van der Waals surface area contributed by atoms with Crippen LogP contribution >= 0.6 is 11.8 Å². The second-order valence-corrected chi connectivity index (χ2v) is 6.22. The van der Waals surface area contributed by atoms with Gasteiger partial charge in [0.25, 0.3) is 0 Å². The summed E-state index contributed by atoms with van der Waals surface area (Å²) in [5.74, 6) is 2.07. The first-order chi connectivity index (χ1) is 7.79. The predicted octanol–water partition coefficient (Wildman–Crippen LogP) is 3.43. The summed E-state index contributed by atoms with van der Waals surface area (Å²) in [6, 6.07) is 1.21. The van der Waals surface area contributed by atoms with Crippen molar-refractivity contribution in [2.45, 2.75) is 64.5 Å². The molecule has 0 spiro atoms. The van der Waals surface area contributed by atoms with Gasteiger partial charge < -0.3 is 5.32 Å². The van der Waals surface area contributed by atoms with Crippen LogP contribution in [0.1, 0.15) is 52.4 Å². The maximum Gasteiger partial charge on any atom is 0.157 e. The third-order valence-corrected chi connectivity index (χ3v) is 4.77. The van der Waals surface area contributed by atoms with E-state index in [2.05, 4.69) is 19.2 Å². The van der Waals surface area contributed by atoms with Crippen molar-refractivity contribution in [2.24, 2.45) is 10.9 Å². The lowest BCUT2D eigenvalue weighted by molar-refractivity contribution is 0.302. The molecule has 2 fully saturated rings. The Kier molecular flexibility index (Phi) is 4.56. The number of rotatable bonds is 2. The van der Waals surface area contributed by atoms with E-state index in [0.717, 1.165) is 5.92 Å². The quantitative estimate of drug-likeness (QED) is 0.799. The summed E-state index contributed by atoms with van der Waals surface area (Å²) in [6.07, 6.45) is 8.04. The van der Waals surface area contributed by atoms with Crippen LogP contribution < -0.4 is 5.32 Å². The van der Waals surface area contributed by atoms with Crippen LogP contribution in [-0.2, 0) is 0 Å². The van der Waals surface area contributed by atoms with Crippen molar-refractivity contribution in [3.05, 3.63) is 0 Å². The average Bonchev–Trinajstić information content (AvgIpc) is 2.30. The maximum atomic E-state index is 4.97. The van der Waals surface area contributed by atoms with Gasteiger partial charge in [0.1, 0.15) is 0 Å². The van der Waals surface area contributed by atoms with Gasteiger partial charge in [-0.3, -0.25) is 4.99 Å².